The molecule has 1 aliphatic rings. The number of amides is 1. The molecule has 0 spiro atoms. The largest absolute Gasteiger partial charge is 0.354 e. The minimum absolute atomic E-state index is 0.0754. The van der Waals surface area contributed by atoms with E-state index < -0.39 is 4.92 Å². The van der Waals surface area contributed by atoms with Crippen molar-refractivity contribution in [2.45, 2.75) is 6.92 Å². The third kappa shape index (κ3) is 3.29. The molecule has 8 heteroatoms. The number of H-pyrrole nitrogens is 1. The van der Waals surface area contributed by atoms with Gasteiger partial charge in [-0.15, -0.1) is 0 Å². The first-order chi connectivity index (χ1) is 15.0. The van der Waals surface area contributed by atoms with Crippen molar-refractivity contribution in [1.82, 2.24) is 9.97 Å². The fourth-order valence-corrected chi connectivity index (χ4v) is 3.76. The van der Waals surface area contributed by atoms with Crippen molar-refractivity contribution < 1.29 is 9.72 Å². The number of aromatic nitrogens is 2. The normalized spacial score (nSPS) is 14.3. The molecule has 0 fully saturated rings. The van der Waals surface area contributed by atoms with Gasteiger partial charge in [-0.2, -0.15) is 0 Å². The highest BCUT2D eigenvalue weighted by atomic mass is 16.6. The van der Waals surface area contributed by atoms with Crippen LogP contribution in [0.3, 0.4) is 0 Å². The molecule has 0 saturated carbocycles. The van der Waals surface area contributed by atoms with E-state index in [1.165, 1.54) is 12.1 Å². The van der Waals surface area contributed by atoms with Gasteiger partial charge in [0.05, 0.1) is 27.2 Å². The number of nitro benzene ring substituents is 1. The zero-order chi connectivity index (χ0) is 21.5. The number of nitrogens with zero attached hydrogens (tertiary/aromatic N) is 2. The van der Waals surface area contributed by atoms with E-state index in [0.29, 0.717) is 22.5 Å². The van der Waals surface area contributed by atoms with Crippen LogP contribution in [0.1, 0.15) is 17.0 Å². The molecule has 1 amide bonds. The van der Waals surface area contributed by atoms with Crippen molar-refractivity contribution in [1.29, 1.82) is 0 Å². The second kappa shape index (κ2) is 7.10. The number of carbonyl (C=O) groups is 1. The molecule has 3 aromatic carbocycles. The number of aromatic amines is 1. The summed E-state index contributed by atoms with van der Waals surface area (Å²) in [7, 11) is 0. The maximum atomic E-state index is 12.9. The van der Waals surface area contributed by atoms with Gasteiger partial charge in [-0.1, -0.05) is 30.3 Å². The molecule has 4 aromatic rings. The molecular formula is C23H17N5O3. The number of fused-ring (bicyclic) bond motifs is 2. The summed E-state index contributed by atoms with van der Waals surface area (Å²) in [6.45, 7) is 1.89. The summed E-state index contributed by atoms with van der Waals surface area (Å²) in [6.07, 6.45) is 0. The Hall–Kier alpha value is -4.46. The van der Waals surface area contributed by atoms with E-state index in [4.69, 9.17) is 0 Å². The first-order valence-electron chi connectivity index (χ1n) is 9.63. The quantitative estimate of drug-likeness (QED) is 0.256. The highest BCUT2D eigenvalue weighted by Gasteiger charge is 2.30. The molecule has 152 valence electrons. The van der Waals surface area contributed by atoms with E-state index in [-0.39, 0.29) is 11.6 Å². The minimum Gasteiger partial charge on any atom is -0.354 e. The van der Waals surface area contributed by atoms with Crippen LogP contribution in [0, 0.1) is 17.0 Å². The molecule has 1 aliphatic heterocycles. The van der Waals surface area contributed by atoms with E-state index in [0.717, 1.165) is 28.1 Å². The van der Waals surface area contributed by atoms with Crippen LogP contribution < -0.4 is 10.6 Å². The average Bonchev–Trinajstić information content (AvgIpc) is 3.29. The summed E-state index contributed by atoms with van der Waals surface area (Å²) in [6, 6.07) is 19.5. The summed E-state index contributed by atoms with van der Waals surface area (Å²) < 4.78 is 0. The number of non-ortho nitro benzene ring substituents is 1. The summed E-state index contributed by atoms with van der Waals surface area (Å²) in [5, 5.41) is 17.5. The van der Waals surface area contributed by atoms with Gasteiger partial charge in [0.15, 0.2) is 0 Å². The fourth-order valence-electron chi connectivity index (χ4n) is 3.76. The molecular weight excluding hydrogens is 394 g/mol. The molecule has 0 atom stereocenters. The number of nitrogens with one attached hydrogen (secondary N) is 3. The SMILES string of the molecule is Cc1nc2cc(N/C(=C3\C(=O)Nc4ccc([N+](=O)[O-])cc43)c3ccccc3)ccc2[nH]1. The second-order valence-electron chi connectivity index (χ2n) is 7.24. The van der Waals surface area contributed by atoms with Crippen LogP contribution in [0.25, 0.3) is 22.3 Å². The first kappa shape index (κ1) is 18.6. The number of hydrogen-bond donors (Lipinski definition) is 3. The standard InChI is InChI=1S/C23H17N5O3/c1-13-24-19-9-7-15(11-20(19)25-13)26-22(14-5-3-2-4-6-14)21-17-12-16(28(30)31)8-10-18(17)27-23(21)29/h2-12,26H,1H3,(H,24,25)(H,27,29)/b22-21-. The topological polar surface area (TPSA) is 113 Å². The molecule has 0 saturated heterocycles. The van der Waals surface area contributed by atoms with E-state index in [2.05, 4.69) is 20.6 Å². The van der Waals surface area contributed by atoms with Crippen LogP contribution in [0.5, 0.6) is 0 Å². The number of nitro groups is 1. The van der Waals surface area contributed by atoms with Gasteiger partial charge in [0, 0.05) is 29.1 Å². The maximum Gasteiger partial charge on any atom is 0.270 e. The first-order valence-corrected chi connectivity index (χ1v) is 9.63. The number of imidazole rings is 1. The van der Waals surface area contributed by atoms with Crippen molar-refractivity contribution in [3.05, 3.63) is 93.8 Å². The number of rotatable bonds is 4. The van der Waals surface area contributed by atoms with Gasteiger partial charge in [0.2, 0.25) is 0 Å². The molecule has 2 heterocycles. The van der Waals surface area contributed by atoms with Crippen LogP contribution in [0.15, 0.2) is 66.7 Å². The zero-order valence-electron chi connectivity index (χ0n) is 16.5. The highest BCUT2D eigenvalue weighted by molar-refractivity contribution is 6.37. The lowest BCUT2D eigenvalue weighted by Crippen LogP contribution is -2.10. The highest BCUT2D eigenvalue weighted by Crippen LogP contribution is 2.39. The Morgan fingerprint density at radius 2 is 1.87 bits per heavy atom. The fraction of sp³-hybridized carbons (Fsp3) is 0.0435. The molecule has 0 radical (unpaired) electrons. The third-order valence-electron chi connectivity index (χ3n) is 5.14. The Morgan fingerprint density at radius 1 is 1.06 bits per heavy atom. The molecule has 5 rings (SSSR count). The van der Waals surface area contributed by atoms with Gasteiger partial charge in [-0.25, -0.2) is 4.98 Å². The van der Waals surface area contributed by atoms with Crippen LogP contribution in [-0.4, -0.2) is 20.8 Å². The van der Waals surface area contributed by atoms with E-state index in [1.54, 1.807) is 6.07 Å². The van der Waals surface area contributed by atoms with Gasteiger partial charge in [0.25, 0.3) is 11.6 Å². The van der Waals surface area contributed by atoms with Crippen LogP contribution in [0.2, 0.25) is 0 Å². The number of aryl methyl sites for hydroxylation is 1. The van der Waals surface area contributed by atoms with Crippen LogP contribution >= 0.6 is 0 Å². The predicted molar refractivity (Wildman–Crippen MR) is 119 cm³/mol. The van der Waals surface area contributed by atoms with Crippen LogP contribution in [-0.2, 0) is 4.79 Å². The van der Waals surface area contributed by atoms with Crippen molar-refractivity contribution in [2.75, 3.05) is 10.6 Å². The third-order valence-corrected chi connectivity index (χ3v) is 5.14. The summed E-state index contributed by atoms with van der Waals surface area (Å²) >= 11 is 0. The lowest BCUT2D eigenvalue weighted by molar-refractivity contribution is -0.384. The Balaban J connectivity index is 1.70. The van der Waals surface area contributed by atoms with Gasteiger partial charge in [0.1, 0.15) is 5.82 Å². The van der Waals surface area contributed by atoms with Crippen LogP contribution in [0.4, 0.5) is 17.1 Å². The Labute approximate surface area is 176 Å². The van der Waals surface area contributed by atoms with E-state index in [1.807, 2.05) is 55.5 Å². The van der Waals surface area contributed by atoms with Gasteiger partial charge < -0.3 is 15.6 Å². The molecule has 3 N–H and O–H groups in total. The Morgan fingerprint density at radius 3 is 2.65 bits per heavy atom. The van der Waals surface area contributed by atoms with Gasteiger partial charge >= 0.3 is 0 Å². The van der Waals surface area contributed by atoms with Crippen molar-refractivity contribution >= 4 is 45.3 Å². The second-order valence-corrected chi connectivity index (χ2v) is 7.24. The Bertz CT molecular complexity index is 1390. The molecule has 0 bridgehead atoms. The lowest BCUT2D eigenvalue weighted by Gasteiger charge is -2.14. The average molecular weight is 411 g/mol. The van der Waals surface area contributed by atoms with Gasteiger partial charge in [-0.3, -0.25) is 14.9 Å². The smallest absolute Gasteiger partial charge is 0.270 e. The van der Waals surface area contributed by atoms with Gasteiger partial charge in [-0.05, 0) is 36.8 Å². The minimum atomic E-state index is -0.468. The Kier molecular flexibility index (Phi) is 4.25. The predicted octanol–water partition coefficient (Wildman–Crippen LogP) is 4.71. The van der Waals surface area contributed by atoms with Crippen molar-refractivity contribution in [3.63, 3.8) is 0 Å². The summed E-state index contributed by atoms with van der Waals surface area (Å²) in [5.74, 6) is 0.490. The number of anilines is 2. The summed E-state index contributed by atoms with van der Waals surface area (Å²) in [4.78, 5) is 31.4. The van der Waals surface area contributed by atoms with Crippen molar-refractivity contribution in [3.8, 4) is 0 Å². The monoisotopic (exact) mass is 411 g/mol. The van der Waals surface area contributed by atoms with E-state index in [9.17, 15) is 14.9 Å². The zero-order valence-corrected chi connectivity index (χ0v) is 16.5. The molecule has 31 heavy (non-hydrogen) atoms. The number of benzene rings is 3. The maximum absolute atomic E-state index is 12.9. The summed E-state index contributed by atoms with van der Waals surface area (Å²) in [5.41, 5.74) is 5.10. The molecule has 0 aliphatic carbocycles. The molecule has 1 aromatic heterocycles. The number of carbonyl (C=O) groups excluding carboxylic acids is 1. The number of hydrogen-bond acceptors (Lipinski definition) is 5. The van der Waals surface area contributed by atoms with E-state index >= 15 is 0 Å². The molecule has 8 nitrogen and oxygen atoms in total. The molecule has 0 unspecified atom stereocenters. The van der Waals surface area contributed by atoms with Crippen molar-refractivity contribution in [2.24, 2.45) is 0 Å². The lowest BCUT2D eigenvalue weighted by atomic mass is 9.99.